The number of hydrogen-bond donors (Lipinski definition) is 2. The molecule has 1 aliphatic rings. The van der Waals surface area contributed by atoms with E-state index in [0.29, 0.717) is 5.52 Å². The van der Waals surface area contributed by atoms with E-state index in [9.17, 15) is 14.5 Å². The van der Waals surface area contributed by atoms with Gasteiger partial charge < -0.3 is 24.8 Å². The molecule has 12 nitrogen and oxygen atoms in total. The Bertz CT molecular complexity index is 1550. The molecule has 0 aliphatic carbocycles. The van der Waals surface area contributed by atoms with Gasteiger partial charge in [-0.05, 0) is 32.9 Å². The zero-order valence-electron chi connectivity index (χ0n) is 24.2. The van der Waals surface area contributed by atoms with Gasteiger partial charge >= 0.3 is 13.6 Å². The number of nitrogen functional groups attached to an aromatic ring is 1. The third kappa shape index (κ3) is 6.40. The van der Waals surface area contributed by atoms with Gasteiger partial charge in [-0.15, -0.1) is 5.92 Å². The highest BCUT2D eigenvalue weighted by molar-refractivity contribution is 7.54. The van der Waals surface area contributed by atoms with Gasteiger partial charge in [0, 0.05) is 0 Å². The van der Waals surface area contributed by atoms with Gasteiger partial charge in [0.05, 0.1) is 40.0 Å². The number of nitrogens with zero attached hydrogens (tertiary/aromatic N) is 4. The summed E-state index contributed by atoms with van der Waals surface area (Å²) in [6.45, 7) is 3.28. The summed E-state index contributed by atoms with van der Waals surface area (Å²) in [5.74, 6) is 3.70. The van der Waals surface area contributed by atoms with E-state index in [1.807, 2.05) is 0 Å². The lowest BCUT2D eigenvalue weighted by atomic mass is 9.99. The molecule has 3 heterocycles. The van der Waals surface area contributed by atoms with Gasteiger partial charge in [0.15, 0.2) is 16.7 Å². The molecule has 0 amide bonds. The Morgan fingerprint density at radius 1 is 1.35 bits per heavy atom. The maximum absolute atomic E-state index is 14.1. The van der Waals surface area contributed by atoms with E-state index < -0.39 is 61.6 Å². The largest absolute Gasteiger partial charge is 0.463 e. The van der Waals surface area contributed by atoms with E-state index in [0.717, 1.165) is 0 Å². The summed E-state index contributed by atoms with van der Waals surface area (Å²) < 4.78 is 55.4. The number of esters is 1. The Balaban J connectivity index is 1.69. The van der Waals surface area contributed by atoms with Crippen molar-refractivity contribution in [1.82, 2.24) is 19.5 Å². The van der Waals surface area contributed by atoms with Crippen molar-refractivity contribution < 1.29 is 35.7 Å². The highest BCUT2D eigenvalue weighted by Gasteiger charge is 2.56. The zero-order chi connectivity index (χ0) is 30.9. The fraction of sp³-hybridized carbons (Fsp3) is 0.462. The number of imidazole rings is 1. The van der Waals surface area contributed by atoms with E-state index in [1.54, 1.807) is 32.0 Å². The Hall–Kier alpha value is -3.20. The van der Waals surface area contributed by atoms with Crippen molar-refractivity contribution in [2.75, 3.05) is 18.5 Å². The minimum atomic E-state index is -4.48. The van der Waals surface area contributed by atoms with E-state index in [-0.39, 0.29) is 17.3 Å². The molecular weight excluding hydrogens is 561 g/mol. The predicted octanol–water partition coefficient (Wildman–Crippen LogP) is 3.54. The van der Waals surface area contributed by atoms with Crippen molar-refractivity contribution >= 4 is 42.3 Å². The van der Waals surface area contributed by atoms with Crippen LogP contribution in [0.5, 0.6) is 5.75 Å². The van der Waals surface area contributed by atoms with Crippen molar-refractivity contribution in [3.63, 3.8) is 0 Å². The second-order valence-electron chi connectivity index (χ2n) is 9.38. The van der Waals surface area contributed by atoms with Crippen LogP contribution in [0.25, 0.3) is 11.2 Å². The standard InChI is InChI=1S/C26H31ClN5O7P/c1-5-11-26(27)21(33)20(38-24(26)32-15-30-19-12-29-25(28)31-22(19)32)13-36-40(35,39-18-9-7-6-8-10-18)14-17(4)23(34)37-16(2)3/h6-10,12,15-17,20-21,24,33H,13-14H2,1-4H3,(H2,28,29,31)/t17-,20-,21+,24-,26?,40+/m1/s1/i13D2. The minimum absolute atomic E-state index is 0.0659. The van der Waals surface area contributed by atoms with Gasteiger partial charge in [0.2, 0.25) is 5.95 Å². The molecular formula is C26H31ClN5O7P. The quantitative estimate of drug-likeness (QED) is 0.153. The highest BCUT2D eigenvalue weighted by atomic mass is 35.5. The molecule has 0 bridgehead atoms. The number of carbonyl (C=O) groups is 1. The molecule has 2 aromatic heterocycles. The molecule has 0 saturated carbocycles. The smallest absolute Gasteiger partial charge is 0.380 e. The van der Waals surface area contributed by atoms with Gasteiger partial charge in [0.25, 0.3) is 0 Å². The third-order valence-electron chi connectivity index (χ3n) is 5.80. The molecule has 6 atom stereocenters. The number of hydrogen-bond acceptors (Lipinski definition) is 11. The number of aliphatic hydroxyl groups is 1. The summed E-state index contributed by atoms with van der Waals surface area (Å²) in [6.07, 6.45) is -3.29. The van der Waals surface area contributed by atoms with Gasteiger partial charge in [-0.2, -0.15) is 4.98 Å². The number of alkyl halides is 1. The second-order valence-corrected chi connectivity index (χ2v) is 12.0. The molecule has 1 aromatic carbocycles. The molecule has 0 spiro atoms. The molecule has 0 radical (unpaired) electrons. The van der Waals surface area contributed by atoms with Crippen molar-refractivity contribution in [2.24, 2.45) is 5.92 Å². The summed E-state index contributed by atoms with van der Waals surface area (Å²) in [5, 5.41) is 11.4. The fourth-order valence-electron chi connectivity index (χ4n) is 4.00. The molecule has 3 N–H and O–H groups in total. The van der Waals surface area contributed by atoms with Crippen molar-refractivity contribution in [2.45, 2.75) is 57.1 Å². The number of halogens is 1. The first-order valence-corrected chi connectivity index (χ1v) is 14.5. The Kier molecular flexibility index (Phi) is 8.18. The van der Waals surface area contributed by atoms with E-state index in [1.165, 1.54) is 43.1 Å². The lowest BCUT2D eigenvalue weighted by Crippen LogP contribution is -2.41. The first-order valence-electron chi connectivity index (χ1n) is 13.4. The molecule has 4 rings (SSSR count). The first kappa shape index (κ1) is 27.0. The van der Waals surface area contributed by atoms with E-state index in [4.69, 9.17) is 38.6 Å². The van der Waals surface area contributed by atoms with Crippen molar-refractivity contribution in [1.29, 1.82) is 0 Å². The summed E-state index contributed by atoms with van der Waals surface area (Å²) >= 11 is 6.84. The zero-order valence-corrected chi connectivity index (χ0v) is 23.9. The van der Waals surface area contributed by atoms with Gasteiger partial charge in [-0.25, -0.2) is 14.5 Å². The lowest BCUT2D eigenvalue weighted by Gasteiger charge is -2.26. The minimum Gasteiger partial charge on any atom is -0.463 e. The van der Waals surface area contributed by atoms with Crippen LogP contribution in [0.4, 0.5) is 5.95 Å². The van der Waals surface area contributed by atoms with Crippen molar-refractivity contribution in [3.8, 4) is 17.6 Å². The third-order valence-corrected chi connectivity index (χ3v) is 8.18. The number of fused-ring (bicyclic) bond motifs is 1. The first-order chi connectivity index (χ1) is 19.7. The lowest BCUT2D eigenvalue weighted by molar-refractivity contribution is -0.151. The van der Waals surface area contributed by atoms with Crippen LogP contribution in [-0.4, -0.2) is 66.5 Å². The van der Waals surface area contributed by atoms with E-state index in [2.05, 4.69) is 26.8 Å². The number of aliphatic hydroxyl groups excluding tert-OH is 1. The topological polar surface area (TPSA) is 161 Å². The number of benzene rings is 1. The average molecular weight is 594 g/mol. The maximum atomic E-state index is 14.1. The Morgan fingerprint density at radius 2 is 2.08 bits per heavy atom. The Labute approximate surface area is 239 Å². The summed E-state index contributed by atoms with van der Waals surface area (Å²) in [7, 11) is -4.48. The van der Waals surface area contributed by atoms with Crippen LogP contribution in [-0.2, 0) is 23.4 Å². The van der Waals surface area contributed by atoms with Crippen LogP contribution in [0.1, 0.15) is 36.7 Å². The van der Waals surface area contributed by atoms with Crippen LogP contribution >= 0.6 is 19.2 Å². The number of nitrogens with two attached hydrogens (primary N) is 1. The molecule has 1 saturated heterocycles. The summed E-state index contributed by atoms with van der Waals surface area (Å²) in [6, 6.07) is 7.94. The molecule has 214 valence electrons. The molecule has 1 fully saturated rings. The monoisotopic (exact) mass is 593 g/mol. The average Bonchev–Trinajstić information content (AvgIpc) is 3.41. The maximum Gasteiger partial charge on any atom is 0.380 e. The van der Waals surface area contributed by atoms with Crippen LogP contribution in [0.2, 0.25) is 0 Å². The van der Waals surface area contributed by atoms with Crippen molar-refractivity contribution in [3.05, 3.63) is 42.9 Å². The number of ether oxygens (including phenoxy) is 2. The number of para-hydroxylation sites is 1. The van der Waals surface area contributed by atoms with Crippen LogP contribution in [0, 0.1) is 17.8 Å². The predicted molar refractivity (Wildman–Crippen MR) is 148 cm³/mol. The number of anilines is 1. The second kappa shape index (κ2) is 12.1. The molecule has 40 heavy (non-hydrogen) atoms. The summed E-state index contributed by atoms with van der Waals surface area (Å²) in [4.78, 5) is 22.9. The van der Waals surface area contributed by atoms with Crippen LogP contribution < -0.4 is 10.3 Å². The normalized spacial score (nSPS) is 25.8. The van der Waals surface area contributed by atoms with E-state index >= 15 is 0 Å². The number of rotatable bonds is 10. The molecule has 3 aromatic rings. The van der Waals surface area contributed by atoms with Gasteiger partial charge in [-0.3, -0.25) is 13.9 Å². The van der Waals surface area contributed by atoms with Gasteiger partial charge in [0.1, 0.15) is 23.5 Å². The molecule has 14 heteroatoms. The fourth-order valence-corrected chi connectivity index (χ4v) is 6.08. The molecule has 1 aliphatic heterocycles. The van der Waals surface area contributed by atoms with Crippen LogP contribution in [0.15, 0.2) is 42.9 Å². The highest BCUT2D eigenvalue weighted by Crippen LogP contribution is 2.52. The SMILES string of the molecule is [2H]C([2H])(O[P@@](=O)(C[C@@H](C)C(=O)OC(C)C)Oc1ccccc1)[C@H]1O[C@@H](n2cnc3cnc(N)nc32)C(Cl)(C#CC)[C@H]1O. The summed E-state index contributed by atoms with van der Waals surface area (Å²) in [5.41, 5.74) is 6.27. The van der Waals surface area contributed by atoms with Crippen LogP contribution in [0.3, 0.4) is 0 Å². The number of aromatic nitrogens is 4. The van der Waals surface area contributed by atoms with Gasteiger partial charge in [-0.1, -0.05) is 42.6 Å². The Morgan fingerprint density at radius 3 is 2.75 bits per heavy atom. The number of carbonyl (C=O) groups excluding carboxylic acids is 1. The molecule has 1 unspecified atom stereocenters.